The van der Waals surface area contributed by atoms with Gasteiger partial charge in [0.05, 0.1) is 39.5 Å². The zero-order valence-electron chi connectivity index (χ0n) is 44.6. The van der Waals surface area contributed by atoms with Gasteiger partial charge in [-0.15, -0.1) is 11.3 Å². The molecule has 6 aromatic rings. The first-order valence-electron chi connectivity index (χ1n) is 25.9. The van der Waals surface area contributed by atoms with E-state index in [1.165, 1.54) is 4.90 Å². The third-order valence-electron chi connectivity index (χ3n) is 14.5. The minimum Gasteiger partial charge on any atom is -0.391 e. The van der Waals surface area contributed by atoms with E-state index in [0.29, 0.717) is 55.7 Å². The molecule has 5 amide bonds. The number of primary amides is 1. The SMILES string of the molecule is Cc1cc(C)c(CNC(=O)c2cc(-c3ccc(N4CCN(CCC(CC(=O)N[C@H](C(=O)N5C[C@H](O)C[C@H]5C(=O)NCc5ccc(-c6scnc6C)cc5)C(C)(C)C)C(N)=O)CC4)nc3)cc3c2cnn3C(C)C)c(=O)[nH]1. The van der Waals surface area contributed by atoms with E-state index in [2.05, 4.69) is 40.8 Å². The number of aliphatic hydroxyl groups excluding tert-OH is 1. The lowest BCUT2D eigenvalue weighted by atomic mass is 9.85. The molecule has 8 rings (SSSR count). The molecule has 0 spiro atoms. The Kier molecular flexibility index (Phi) is 16.9. The second kappa shape index (κ2) is 23.3. The fourth-order valence-corrected chi connectivity index (χ4v) is 10.9. The van der Waals surface area contributed by atoms with Gasteiger partial charge in [0.25, 0.3) is 11.5 Å². The van der Waals surface area contributed by atoms with Crippen LogP contribution in [0.25, 0.3) is 32.5 Å². The van der Waals surface area contributed by atoms with Crippen molar-refractivity contribution in [3.63, 3.8) is 0 Å². The minimum atomic E-state index is -1.05. The number of hydrogen-bond acceptors (Lipinski definition) is 13. The Hall–Kier alpha value is -7.29. The molecule has 2 fully saturated rings. The number of thiazole rings is 1. The number of aryl methyl sites for hydroxylation is 3. The largest absolute Gasteiger partial charge is 0.391 e. The summed E-state index contributed by atoms with van der Waals surface area (Å²) in [5.74, 6) is -2.33. The molecule has 2 saturated heterocycles. The van der Waals surface area contributed by atoms with Crippen LogP contribution in [0.4, 0.5) is 5.82 Å². The number of nitrogens with one attached hydrogen (secondary N) is 4. The number of H-pyrrole nitrogens is 1. The van der Waals surface area contributed by atoms with Gasteiger partial charge in [0.1, 0.15) is 17.9 Å². The lowest BCUT2D eigenvalue weighted by Crippen LogP contribution is -2.58. The van der Waals surface area contributed by atoms with Gasteiger partial charge in [0.15, 0.2) is 0 Å². The molecule has 76 heavy (non-hydrogen) atoms. The van der Waals surface area contributed by atoms with Gasteiger partial charge in [-0.25, -0.2) is 9.97 Å². The summed E-state index contributed by atoms with van der Waals surface area (Å²) in [7, 11) is 0. The van der Waals surface area contributed by atoms with Gasteiger partial charge in [-0.2, -0.15) is 5.10 Å². The molecule has 0 aliphatic carbocycles. The van der Waals surface area contributed by atoms with Crippen LogP contribution in [0.1, 0.15) is 98.4 Å². The normalized spacial score (nSPS) is 17.0. The summed E-state index contributed by atoms with van der Waals surface area (Å²) in [5, 5.41) is 24.8. The van der Waals surface area contributed by atoms with Crippen LogP contribution in [0.15, 0.2) is 77.3 Å². The van der Waals surface area contributed by atoms with Crippen molar-refractivity contribution in [2.24, 2.45) is 17.1 Å². The Balaban J connectivity index is 0.842. The Morgan fingerprint density at radius 3 is 2.25 bits per heavy atom. The highest BCUT2D eigenvalue weighted by molar-refractivity contribution is 7.13. The number of rotatable bonds is 18. The Labute approximate surface area is 446 Å². The van der Waals surface area contributed by atoms with E-state index in [1.54, 1.807) is 29.2 Å². The molecule has 6 heterocycles. The van der Waals surface area contributed by atoms with Crippen LogP contribution >= 0.6 is 11.3 Å². The van der Waals surface area contributed by atoms with Crippen molar-refractivity contribution >= 4 is 57.6 Å². The Morgan fingerprint density at radius 2 is 1.62 bits per heavy atom. The number of nitrogens with two attached hydrogens (primary N) is 1. The molecule has 2 aliphatic rings. The quantitative estimate of drug-likeness (QED) is 0.0653. The molecule has 20 heteroatoms. The number of aromatic amines is 1. The molecule has 7 N–H and O–H groups in total. The number of anilines is 1. The number of β-amino-alcohol motifs (C(OH)–C–C–N with tert-alkyl or cyclic N) is 1. The summed E-state index contributed by atoms with van der Waals surface area (Å²) in [6.07, 6.45) is 2.76. The summed E-state index contributed by atoms with van der Waals surface area (Å²) in [5.41, 5.74) is 14.4. The van der Waals surface area contributed by atoms with E-state index in [-0.39, 0.29) is 50.0 Å². The predicted octanol–water partition coefficient (Wildman–Crippen LogP) is 5.16. The van der Waals surface area contributed by atoms with Crippen LogP contribution in [0.3, 0.4) is 0 Å². The van der Waals surface area contributed by atoms with Crippen molar-refractivity contribution in [1.82, 2.24) is 50.5 Å². The standard InChI is InChI=1S/C56H70N12O7S/c1-32(2)68-45-23-40(22-42(44(45)29-62-68)52(72)60-28-43-33(3)21-34(4)63-53(43)73)39-13-14-47(58-27-39)66-19-17-65(18-20-66)16-15-38(51(57)71)24-48(70)64-50(56(6,7)8)55(75)67-30-41(69)25-46(67)54(74)59-26-36-9-11-37(12-10-36)49-35(5)61-31-76-49/h9-14,21-23,27,29,31-32,38,41,46,50,69H,15-20,24-26,28,30H2,1-8H3,(H2,57,71)(H,59,74)(H,60,72)(H,63,73)(H,64,70)/t38?,41-,46+,50-/m1/s1. The number of amides is 5. The van der Waals surface area contributed by atoms with Gasteiger partial charge in [-0.05, 0) is 106 Å². The number of piperazine rings is 1. The number of carbonyl (C=O) groups is 5. The first kappa shape index (κ1) is 55.0. The summed E-state index contributed by atoms with van der Waals surface area (Å²) >= 11 is 1.56. The van der Waals surface area contributed by atoms with E-state index in [9.17, 15) is 33.9 Å². The second-order valence-corrected chi connectivity index (χ2v) is 22.4. The van der Waals surface area contributed by atoms with Gasteiger partial charge in [0.2, 0.25) is 23.6 Å². The Bertz CT molecular complexity index is 3150. The van der Waals surface area contributed by atoms with E-state index < -0.39 is 53.1 Å². The molecule has 2 aromatic carbocycles. The third-order valence-corrected chi connectivity index (χ3v) is 15.5. The molecular weight excluding hydrogens is 985 g/mol. The molecule has 2 aliphatic heterocycles. The van der Waals surface area contributed by atoms with Gasteiger partial charge in [-0.1, -0.05) is 45.0 Å². The van der Waals surface area contributed by atoms with Crippen molar-refractivity contribution in [2.75, 3.05) is 44.2 Å². The van der Waals surface area contributed by atoms with Gasteiger partial charge in [-0.3, -0.25) is 38.3 Å². The zero-order valence-corrected chi connectivity index (χ0v) is 45.4. The maximum Gasteiger partial charge on any atom is 0.253 e. The van der Waals surface area contributed by atoms with Crippen molar-refractivity contribution in [2.45, 2.75) is 112 Å². The number of aliphatic hydroxyl groups is 1. The van der Waals surface area contributed by atoms with Crippen molar-refractivity contribution in [3.05, 3.63) is 116 Å². The number of carbonyl (C=O) groups excluding carboxylic acids is 5. The average molecular weight is 1060 g/mol. The van der Waals surface area contributed by atoms with Crippen LogP contribution in [0.5, 0.6) is 0 Å². The van der Waals surface area contributed by atoms with E-state index >= 15 is 0 Å². The average Bonchev–Trinajstić information content (AvgIpc) is 4.14. The molecule has 4 atom stereocenters. The maximum absolute atomic E-state index is 14.3. The van der Waals surface area contributed by atoms with Crippen LogP contribution in [-0.4, -0.2) is 127 Å². The number of pyridine rings is 2. The van der Waals surface area contributed by atoms with E-state index in [1.807, 2.05) is 115 Å². The van der Waals surface area contributed by atoms with E-state index in [0.717, 1.165) is 55.4 Å². The molecule has 402 valence electrons. The maximum atomic E-state index is 14.3. The fraction of sp³-hybridized carbons (Fsp3) is 0.446. The predicted molar refractivity (Wildman–Crippen MR) is 293 cm³/mol. The van der Waals surface area contributed by atoms with Gasteiger partial charge >= 0.3 is 0 Å². The Morgan fingerprint density at radius 1 is 0.895 bits per heavy atom. The highest BCUT2D eigenvalue weighted by atomic mass is 32.1. The first-order chi connectivity index (χ1) is 36.1. The summed E-state index contributed by atoms with van der Waals surface area (Å²) in [6.45, 7) is 18.6. The molecule has 0 bridgehead atoms. The first-order valence-corrected chi connectivity index (χ1v) is 26.8. The molecule has 4 aromatic heterocycles. The molecule has 0 saturated carbocycles. The molecule has 0 radical (unpaired) electrons. The van der Waals surface area contributed by atoms with Crippen LogP contribution in [-0.2, 0) is 32.3 Å². The monoisotopic (exact) mass is 1050 g/mol. The molecule has 1 unspecified atom stereocenters. The lowest BCUT2D eigenvalue weighted by molar-refractivity contribution is -0.144. The van der Waals surface area contributed by atoms with Gasteiger partial charge < -0.3 is 41.6 Å². The highest BCUT2D eigenvalue weighted by Crippen LogP contribution is 2.32. The summed E-state index contributed by atoms with van der Waals surface area (Å²) in [4.78, 5) is 99.7. The number of aromatic nitrogens is 5. The number of hydrogen-bond donors (Lipinski definition) is 6. The van der Waals surface area contributed by atoms with Gasteiger partial charge in [0, 0.05) is 99.0 Å². The van der Waals surface area contributed by atoms with Crippen molar-refractivity contribution in [3.8, 4) is 21.6 Å². The van der Waals surface area contributed by atoms with Crippen LogP contribution in [0.2, 0.25) is 0 Å². The van der Waals surface area contributed by atoms with Crippen molar-refractivity contribution < 1.29 is 29.1 Å². The number of benzene rings is 2. The van der Waals surface area contributed by atoms with Crippen molar-refractivity contribution in [1.29, 1.82) is 0 Å². The number of fused-ring (bicyclic) bond motifs is 1. The summed E-state index contributed by atoms with van der Waals surface area (Å²) < 4.78 is 1.88. The molecular formula is C56H70N12O7S. The second-order valence-electron chi connectivity index (χ2n) is 21.5. The summed E-state index contributed by atoms with van der Waals surface area (Å²) in [6, 6.07) is 15.6. The lowest BCUT2D eigenvalue weighted by Gasteiger charge is -2.36. The highest BCUT2D eigenvalue weighted by Gasteiger charge is 2.44. The third kappa shape index (κ3) is 12.7. The topological polar surface area (TPSA) is 254 Å². The number of likely N-dealkylation sites (tertiary alicyclic amines) is 1. The smallest absolute Gasteiger partial charge is 0.253 e. The molecule has 19 nitrogen and oxygen atoms in total. The van der Waals surface area contributed by atoms with Crippen LogP contribution in [0, 0.1) is 32.1 Å². The fourth-order valence-electron chi connectivity index (χ4n) is 10.1. The van der Waals surface area contributed by atoms with Crippen LogP contribution < -0.4 is 32.1 Å². The minimum absolute atomic E-state index is 0.0385. The van der Waals surface area contributed by atoms with E-state index in [4.69, 9.17) is 10.7 Å². The number of nitrogens with zero attached hydrogens (tertiary/aromatic N) is 7. The zero-order chi connectivity index (χ0) is 54.6.